The van der Waals surface area contributed by atoms with Gasteiger partial charge in [-0.2, -0.15) is 4.99 Å². The van der Waals surface area contributed by atoms with Crippen molar-refractivity contribution in [1.82, 2.24) is 5.32 Å². The van der Waals surface area contributed by atoms with Crippen molar-refractivity contribution in [3.8, 4) is 0 Å². The van der Waals surface area contributed by atoms with Crippen molar-refractivity contribution < 1.29 is 9.59 Å². The Morgan fingerprint density at radius 1 is 1.44 bits per heavy atom. The normalized spacial score (nSPS) is 17.0. The zero-order valence-electron chi connectivity index (χ0n) is 9.20. The van der Waals surface area contributed by atoms with Gasteiger partial charge in [0.1, 0.15) is 0 Å². The van der Waals surface area contributed by atoms with Crippen LogP contribution in [0.2, 0.25) is 0 Å². The SMILES string of the molecule is CC1(C)CNC(=O)c2ccc(N=C=O)cc21. The number of isocyanates is 1. The molecule has 1 aliphatic rings. The molecule has 0 radical (unpaired) electrons. The number of hydrogen-bond acceptors (Lipinski definition) is 3. The smallest absolute Gasteiger partial charge is 0.251 e. The summed E-state index contributed by atoms with van der Waals surface area (Å²) >= 11 is 0. The highest BCUT2D eigenvalue weighted by molar-refractivity contribution is 5.97. The summed E-state index contributed by atoms with van der Waals surface area (Å²) in [7, 11) is 0. The predicted molar refractivity (Wildman–Crippen MR) is 59.6 cm³/mol. The third-order valence-corrected chi connectivity index (χ3v) is 2.84. The standard InChI is InChI=1S/C12H12N2O2/c1-12(2)6-13-11(16)9-4-3-8(14-7-15)5-10(9)12/h3-5H,6H2,1-2H3,(H,13,16). The highest BCUT2D eigenvalue weighted by Crippen LogP contribution is 2.32. The van der Waals surface area contributed by atoms with Gasteiger partial charge in [-0.05, 0) is 23.8 Å². The van der Waals surface area contributed by atoms with Crippen LogP contribution < -0.4 is 5.32 Å². The number of nitrogens with zero attached hydrogens (tertiary/aromatic N) is 1. The molecular weight excluding hydrogens is 204 g/mol. The van der Waals surface area contributed by atoms with E-state index in [9.17, 15) is 9.59 Å². The fourth-order valence-corrected chi connectivity index (χ4v) is 1.90. The minimum absolute atomic E-state index is 0.0732. The van der Waals surface area contributed by atoms with Crippen molar-refractivity contribution in [1.29, 1.82) is 0 Å². The fourth-order valence-electron chi connectivity index (χ4n) is 1.90. The Kier molecular flexibility index (Phi) is 2.37. The molecular formula is C12H12N2O2. The summed E-state index contributed by atoms with van der Waals surface area (Å²) in [5, 5.41) is 2.83. The van der Waals surface area contributed by atoms with Gasteiger partial charge in [0.15, 0.2) is 0 Å². The highest BCUT2D eigenvalue weighted by atomic mass is 16.1. The molecule has 1 heterocycles. The lowest BCUT2D eigenvalue weighted by molar-refractivity contribution is 0.0930. The maximum absolute atomic E-state index is 11.6. The Morgan fingerprint density at radius 2 is 2.19 bits per heavy atom. The largest absolute Gasteiger partial charge is 0.351 e. The first-order valence-electron chi connectivity index (χ1n) is 5.05. The lowest BCUT2D eigenvalue weighted by Gasteiger charge is -2.32. The van der Waals surface area contributed by atoms with Gasteiger partial charge in [-0.3, -0.25) is 4.79 Å². The molecule has 1 aromatic rings. The number of carbonyl (C=O) groups is 1. The van der Waals surface area contributed by atoms with Crippen LogP contribution in [0.5, 0.6) is 0 Å². The van der Waals surface area contributed by atoms with Crippen LogP contribution in [0.15, 0.2) is 23.2 Å². The molecule has 0 spiro atoms. The summed E-state index contributed by atoms with van der Waals surface area (Å²) in [5.41, 5.74) is 1.97. The molecule has 0 unspecified atom stereocenters. The maximum Gasteiger partial charge on any atom is 0.251 e. The summed E-state index contributed by atoms with van der Waals surface area (Å²) in [5.74, 6) is -0.0732. The molecule has 82 valence electrons. The number of aliphatic imine (C=N–C) groups is 1. The average molecular weight is 216 g/mol. The Morgan fingerprint density at radius 3 is 2.88 bits per heavy atom. The topological polar surface area (TPSA) is 58.5 Å². The predicted octanol–water partition coefficient (Wildman–Crippen LogP) is 1.67. The van der Waals surface area contributed by atoms with Crippen LogP contribution in [0, 0.1) is 0 Å². The van der Waals surface area contributed by atoms with Crippen molar-refractivity contribution in [2.24, 2.45) is 4.99 Å². The summed E-state index contributed by atoms with van der Waals surface area (Å²) in [6.45, 7) is 4.67. The van der Waals surface area contributed by atoms with Gasteiger partial charge in [0.05, 0.1) is 5.69 Å². The molecule has 0 fully saturated rings. The highest BCUT2D eigenvalue weighted by Gasteiger charge is 2.31. The Hall–Kier alpha value is -1.93. The van der Waals surface area contributed by atoms with Crippen molar-refractivity contribution in [3.05, 3.63) is 29.3 Å². The molecule has 16 heavy (non-hydrogen) atoms. The number of rotatable bonds is 1. The second-order valence-electron chi connectivity index (χ2n) is 4.50. The van der Waals surface area contributed by atoms with Crippen molar-refractivity contribution >= 4 is 17.7 Å². The molecule has 0 saturated heterocycles. The third kappa shape index (κ3) is 1.64. The van der Waals surface area contributed by atoms with Crippen LogP contribution in [-0.4, -0.2) is 18.5 Å². The lowest BCUT2D eigenvalue weighted by atomic mass is 9.79. The van der Waals surface area contributed by atoms with Crippen LogP contribution in [0.3, 0.4) is 0 Å². The van der Waals surface area contributed by atoms with Crippen molar-refractivity contribution in [3.63, 3.8) is 0 Å². The van der Waals surface area contributed by atoms with E-state index in [1.54, 1.807) is 18.2 Å². The molecule has 0 saturated carbocycles. The second kappa shape index (κ2) is 3.58. The Balaban J connectivity index is 2.61. The first kappa shape index (κ1) is 10.6. The number of hydrogen-bond donors (Lipinski definition) is 1. The van der Waals surface area contributed by atoms with Crippen LogP contribution in [-0.2, 0) is 10.2 Å². The van der Waals surface area contributed by atoms with Gasteiger partial charge in [0.2, 0.25) is 6.08 Å². The third-order valence-electron chi connectivity index (χ3n) is 2.84. The van der Waals surface area contributed by atoms with E-state index in [1.165, 1.54) is 6.08 Å². The van der Waals surface area contributed by atoms with E-state index in [-0.39, 0.29) is 11.3 Å². The molecule has 1 aromatic carbocycles. The fraction of sp³-hybridized carbons (Fsp3) is 0.333. The van der Waals surface area contributed by atoms with Gasteiger partial charge in [-0.15, -0.1) is 0 Å². The van der Waals surface area contributed by atoms with Crippen LogP contribution >= 0.6 is 0 Å². The first-order chi connectivity index (χ1) is 7.54. The van der Waals surface area contributed by atoms with Gasteiger partial charge >= 0.3 is 0 Å². The summed E-state index contributed by atoms with van der Waals surface area (Å²) in [6, 6.07) is 5.12. The maximum atomic E-state index is 11.6. The summed E-state index contributed by atoms with van der Waals surface area (Å²) < 4.78 is 0. The minimum atomic E-state index is -0.141. The van der Waals surface area contributed by atoms with Gasteiger partial charge in [0, 0.05) is 17.5 Å². The van der Waals surface area contributed by atoms with E-state index in [0.29, 0.717) is 17.8 Å². The molecule has 0 bridgehead atoms. The average Bonchev–Trinajstić information content (AvgIpc) is 2.25. The van der Waals surface area contributed by atoms with E-state index in [1.807, 2.05) is 13.8 Å². The summed E-state index contributed by atoms with van der Waals surface area (Å²) in [6.07, 6.45) is 1.50. The Labute approximate surface area is 93.4 Å². The number of fused-ring (bicyclic) bond motifs is 1. The van der Waals surface area contributed by atoms with Crippen molar-refractivity contribution in [2.45, 2.75) is 19.3 Å². The molecule has 4 nitrogen and oxygen atoms in total. The van der Waals surface area contributed by atoms with Gasteiger partial charge in [0.25, 0.3) is 5.91 Å². The lowest BCUT2D eigenvalue weighted by Crippen LogP contribution is -2.43. The van der Waals surface area contributed by atoms with E-state index in [0.717, 1.165) is 5.56 Å². The molecule has 2 rings (SSSR count). The molecule has 4 heteroatoms. The van der Waals surface area contributed by atoms with Gasteiger partial charge < -0.3 is 5.32 Å². The van der Waals surface area contributed by atoms with E-state index >= 15 is 0 Å². The molecule has 1 N–H and O–H groups in total. The number of benzene rings is 1. The monoisotopic (exact) mass is 216 g/mol. The molecule has 0 aromatic heterocycles. The van der Waals surface area contributed by atoms with Crippen molar-refractivity contribution in [2.75, 3.05) is 6.54 Å². The van der Waals surface area contributed by atoms with E-state index in [2.05, 4.69) is 10.3 Å². The van der Waals surface area contributed by atoms with Gasteiger partial charge in [-0.25, -0.2) is 4.79 Å². The second-order valence-corrected chi connectivity index (χ2v) is 4.50. The Bertz CT molecular complexity index is 500. The quantitative estimate of drug-likeness (QED) is 0.573. The van der Waals surface area contributed by atoms with Crippen LogP contribution in [0.4, 0.5) is 5.69 Å². The molecule has 1 amide bonds. The van der Waals surface area contributed by atoms with E-state index in [4.69, 9.17) is 0 Å². The van der Waals surface area contributed by atoms with Crippen LogP contribution in [0.25, 0.3) is 0 Å². The minimum Gasteiger partial charge on any atom is -0.351 e. The molecule has 0 atom stereocenters. The van der Waals surface area contributed by atoms with E-state index < -0.39 is 0 Å². The number of amides is 1. The number of nitrogens with one attached hydrogen (secondary N) is 1. The first-order valence-corrected chi connectivity index (χ1v) is 5.05. The number of carbonyl (C=O) groups excluding carboxylic acids is 2. The summed E-state index contributed by atoms with van der Waals surface area (Å²) in [4.78, 5) is 25.4. The molecule has 0 aliphatic carbocycles. The zero-order valence-corrected chi connectivity index (χ0v) is 9.20. The molecule has 1 aliphatic heterocycles. The zero-order chi connectivity index (χ0) is 11.8. The van der Waals surface area contributed by atoms with Gasteiger partial charge in [-0.1, -0.05) is 13.8 Å². The van der Waals surface area contributed by atoms with Crippen LogP contribution in [0.1, 0.15) is 29.8 Å².